The average Bonchev–Trinajstić information content (AvgIpc) is 3.25. The summed E-state index contributed by atoms with van der Waals surface area (Å²) in [6, 6.07) is 11.9. The highest BCUT2D eigenvalue weighted by Gasteiger charge is 2.42. The van der Waals surface area contributed by atoms with Crippen LogP contribution in [-0.4, -0.2) is 42.5 Å². The molecule has 1 aliphatic carbocycles. The molecular formula is C20H11NO8S3. The monoisotopic (exact) mass is 489 g/mol. The molecule has 0 saturated carbocycles. The van der Waals surface area contributed by atoms with Crippen molar-refractivity contribution in [3.05, 3.63) is 64.7 Å². The van der Waals surface area contributed by atoms with Gasteiger partial charge in [-0.2, -0.15) is 16.8 Å². The molecule has 0 atom stereocenters. The van der Waals surface area contributed by atoms with E-state index in [0.29, 0.717) is 11.3 Å². The summed E-state index contributed by atoms with van der Waals surface area (Å²) >= 11 is 0.604. The summed E-state index contributed by atoms with van der Waals surface area (Å²) in [6.45, 7) is 0. The molecule has 5 rings (SSSR count). The van der Waals surface area contributed by atoms with Gasteiger partial charge in [-0.25, -0.2) is 4.98 Å². The van der Waals surface area contributed by atoms with Crippen LogP contribution in [0.3, 0.4) is 0 Å². The van der Waals surface area contributed by atoms with Crippen molar-refractivity contribution in [1.29, 1.82) is 0 Å². The van der Waals surface area contributed by atoms with E-state index in [2.05, 4.69) is 4.98 Å². The van der Waals surface area contributed by atoms with E-state index in [1.165, 1.54) is 30.3 Å². The zero-order valence-corrected chi connectivity index (χ0v) is 18.2. The number of ketones is 2. The second kappa shape index (κ2) is 6.73. The van der Waals surface area contributed by atoms with Gasteiger partial charge in [0.15, 0.2) is 11.6 Å². The molecule has 0 radical (unpaired) electrons. The van der Waals surface area contributed by atoms with Gasteiger partial charge in [0.1, 0.15) is 20.7 Å². The first-order chi connectivity index (χ1) is 15.0. The second-order valence-corrected chi connectivity index (χ2v) is 10.8. The fourth-order valence-corrected chi connectivity index (χ4v) is 7.70. The van der Waals surface area contributed by atoms with Gasteiger partial charge in [0.2, 0.25) is 0 Å². The van der Waals surface area contributed by atoms with Crippen LogP contribution < -0.4 is 0 Å². The predicted octanol–water partition coefficient (Wildman–Crippen LogP) is 3.11. The number of rotatable bonds is 3. The van der Waals surface area contributed by atoms with Crippen molar-refractivity contribution in [2.24, 2.45) is 0 Å². The number of benzene rings is 3. The summed E-state index contributed by atoms with van der Waals surface area (Å²) in [4.78, 5) is 28.1. The first kappa shape index (κ1) is 20.8. The van der Waals surface area contributed by atoms with Gasteiger partial charge in [-0.15, -0.1) is 11.3 Å². The number of thiazole rings is 1. The normalized spacial score (nSPS) is 15.1. The maximum Gasteiger partial charge on any atom is 0.297 e. The summed E-state index contributed by atoms with van der Waals surface area (Å²) in [5.74, 6) is -2.36. The third-order valence-corrected chi connectivity index (χ3v) is 8.49. The molecular weight excluding hydrogens is 478 g/mol. The average molecular weight is 490 g/mol. The Hall–Kier alpha value is -3.03. The van der Waals surface area contributed by atoms with E-state index in [0.717, 1.165) is 0 Å². The highest BCUT2D eigenvalue weighted by atomic mass is 32.2. The lowest BCUT2D eigenvalue weighted by molar-refractivity contribution is 0.0890. The summed E-state index contributed by atoms with van der Waals surface area (Å²) < 4.78 is 68.1. The molecule has 1 aromatic heterocycles. The van der Waals surface area contributed by atoms with Crippen molar-refractivity contribution in [2.45, 2.75) is 15.7 Å². The highest BCUT2D eigenvalue weighted by molar-refractivity contribution is 7.89. The molecule has 4 aromatic rings. The fraction of sp³-hybridized carbons (Fsp3) is 0.0500. The number of aromatic nitrogens is 1. The maximum atomic E-state index is 12.9. The molecule has 0 unspecified atom stereocenters. The fourth-order valence-electron chi connectivity index (χ4n) is 3.97. The SMILES string of the molecule is O=C1c2ccccc2C(=O)C1c1nc2c(s1)c(S(=O)(=O)O)c(S(=O)(=O)O)c1ccccc12. The molecule has 9 nitrogen and oxygen atoms in total. The van der Waals surface area contributed by atoms with E-state index in [-0.39, 0.29) is 37.1 Å². The van der Waals surface area contributed by atoms with Crippen molar-refractivity contribution in [1.82, 2.24) is 4.98 Å². The van der Waals surface area contributed by atoms with Gasteiger partial charge in [0.25, 0.3) is 20.2 Å². The summed E-state index contributed by atoms with van der Waals surface area (Å²) in [5.41, 5.74) is 0.401. The lowest BCUT2D eigenvalue weighted by Crippen LogP contribution is -2.12. The van der Waals surface area contributed by atoms with E-state index < -0.39 is 47.5 Å². The summed E-state index contributed by atoms with van der Waals surface area (Å²) in [7, 11) is -10.3. The molecule has 0 saturated heterocycles. The second-order valence-electron chi connectivity index (χ2n) is 7.09. The minimum absolute atomic E-state index is 0.0165. The third-order valence-electron chi connectivity index (χ3n) is 5.23. The Morgan fingerprint density at radius 3 is 1.78 bits per heavy atom. The van der Waals surface area contributed by atoms with Crippen LogP contribution in [0, 0.1) is 0 Å². The first-order valence-corrected chi connectivity index (χ1v) is 12.7. The smallest absolute Gasteiger partial charge is 0.293 e. The number of carbonyl (C=O) groups excluding carboxylic acids is 2. The number of carbonyl (C=O) groups is 2. The van der Waals surface area contributed by atoms with Gasteiger partial charge in [-0.3, -0.25) is 18.7 Å². The van der Waals surface area contributed by atoms with Crippen molar-refractivity contribution in [3.63, 3.8) is 0 Å². The minimum Gasteiger partial charge on any atom is -0.293 e. The largest absolute Gasteiger partial charge is 0.297 e. The molecule has 0 spiro atoms. The molecule has 0 amide bonds. The van der Waals surface area contributed by atoms with Crippen LogP contribution in [0.1, 0.15) is 31.6 Å². The van der Waals surface area contributed by atoms with Crippen LogP contribution in [0.15, 0.2) is 58.3 Å². The van der Waals surface area contributed by atoms with E-state index in [4.69, 9.17) is 0 Å². The lowest BCUT2D eigenvalue weighted by atomic mass is 10.1. The lowest BCUT2D eigenvalue weighted by Gasteiger charge is -2.10. The highest BCUT2D eigenvalue weighted by Crippen LogP contribution is 2.44. The molecule has 0 fully saturated rings. The first-order valence-electron chi connectivity index (χ1n) is 8.97. The van der Waals surface area contributed by atoms with Gasteiger partial charge < -0.3 is 0 Å². The van der Waals surface area contributed by atoms with Gasteiger partial charge in [-0.1, -0.05) is 48.5 Å². The molecule has 0 bridgehead atoms. The Morgan fingerprint density at radius 1 is 0.750 bits per heavy atom. The van der Waals surface area contributed by atoms with Crippen LogP contribution in [0.4, 0.5) is 0 Å². The topological polar surface area (TPSA) is 156 Å². The third kappa shape index (κ3) is 2.92. The Morgan fingerprint density at radius 2 is 1.25 bits per heavy atom. The Balaban J connectivity index is 1.91. The molecule has 162 valence electrons. The molecule has 32 heavy (non-hydrogen) atoms. The van der Waals surface area contributed by atoms with E-state index in [1.807, 2.05) is 0 Å². The van der Waals surface area contributed by atoms with Crippen LogP contribution in [0.5, 0.6) is 0 Å². The molecule has 2 N–H and O–H groups in total. The molecule has 12 heteroatoms. The van der Waals surface area contributed by atoms with Gasteiger partial charge in [0.05, 0.1) is 10.2 Å². The van der Waals surface area contributed by atoms with Gasteiger partial charge in [-0.05, 0) is 0 Å². The van der Waals surface area contributed by atoms with Crippen molar-refractivity contribution in [2.75, 3.05) is 0 Å². The van der Waals surface area contributed by atoms with E-state index in [1.54, 1.807) is 18.2 Å². The molecule has 1 heterocycles. The standard InChI is InChI=1S/C20H11NO8S3/c22-15-10-6-2-3-7-11(10)16(23)13(15)20-21-14-9-5-1-4-8-12(9)18(31(24,25)26)19(17(14)30-20)32(27,28)29/h1-8,13H,(H,24,25,26)(H,27,28,29). The maximum absolute atomic E-state index is 12.9. The van der Waals surface area contributed by atoms with Crippen molar-refractivity contribution < 1.29 is 35.5 Å². The summed E-state index contributed by atoms with van der Waals surface area (Å²) in [6.07, 6.45) is 0. The number of Topliss-reactive ketones (excluding diaryl/α,β-unsaturated/α-hetero) is 2. The number of hydrogen-bond acceptors (Lipinski definition) is 8. The van der Waals surface area contributed by atoms with Crippen molar-refractivity contribution >= 4 is 64.1 Å². The summed E-state index contributed by atoms with van der Waals surface area (Å²) in [5, 5.41) is -0.0616. The van der Waals surface area contributed by atoms with Crippen molar-refractivity contribution in [3.8, 4) is 0 Å². The van der Waals surface area contributed by atoms with Crippen LogP contribution >= 0.6 is 11.3 Å². The molecule has 3 aromatic carbocycles. The zero-order chi connectivity index (χ0) is 23.0. The van der Waals surface area contributed by atoms with Gasteiger partial charge >= 0.3 is 0 Å². The Kier molecular flexibility index (Phi) is 4.39. The molecule has 0 aliphatic heterocycles. The van der Waals surface area contributed by atoms with Gasteiger partial charge in [0, 0.05) is 21.9 Å². The number of hydrogen-bond donors (Lipinski definition) is 2. The Bertz CT molecular complexity index is 1680. The number of nitrogens with zero attached hydrogens (tertiary/aromatic N) is 1. The zero-order valence-electron chi connectivity index (χ0n) is 15.7. The van der Waals surface area contributed by atoms with Crippen LogP contribution in [-0.2, 0) is 20.2 Å². The number of fused-ring (bicyclic) bond motifs is 4. The van der Waals surface area contributed by atoms with Crippen LogP contribution in [0.2, 0.25) is 0 Å². The quantitative estimate of drug-likeness (QED) is 0.326. The molecule has 1 aliphatic rings. The minimum atomic E-state index is -5.16. The predicted molar refractivity (Wildman–Crippen MR) is 115 cm³/mol. The van der Waals surface area contributed by atoms with E-state index in [9.17, 15) is 35.5 Å². The Labute approximate surface area is 184 Å². The van der Waals surface area contributed by atoms with E-state index >= 15 is 0 Å². The van der Waals surface area contributed by atoms with Crippen LogP contribution in [0.25, 0.3) is 21.0 Å².